The summed E-state index contributed by atoms with van der Waals surface area (Å²) >= 11 is 9.10. The molecule has 2 aromatic rings. The van der Waals surface area contributed by atoms with Crippen LogP contribution in [0.5, 0.6) is 0 Å². The van der Waals surface area contributed by atoms with Gasteiger partial charge in [-0.15, -0.1) is 22.7 Å². The van der Waals surface area contributed by atoms with Crippen molar-refractivity contribution in [3.8, 4) is 9.75 Å². The molecule has 1 aliphatic carbocycles. The van der Waals surface area contributed by atoms with Gasteiger partial charge in [0.25, 0.3) is 11.6 Å². The molecule has 0 spiro atoms. The second-order valence-electron chi connectivity index (χ2n) is 2.95. The van der Waals surface area contributed by atoms with Crippen LogP contribution in [0, 0.1) is 0 Å². The van der Waals surface area contributed by atoms with Gasteiger partial charge in [-0.3, -0.25) is 9.59 Å². The van der Waals surface area contributed by atoms with Gasteiger partial charge in [0.2, 0.25) is 0 Å². The zero-order valence-electron chi connectivity index (χ0n) is 7.28. The average Bonchev–Trinajstić information content (AvgIpc) is 2.78. The maximum atomic E-state index is 11.7. The van der Waals surface area contributed by atoms with Gasteiger partial charge in [0.05, 0.1) is 9.75 Å². The average molecular weight is 380 g/mol. The molecular formula is C8Br2N2O2S2. The number of carbonyl (C=O) groups excluding carboxylic acids is 2. The summed E-state index contributed by atoms with van der Waals surface area (Å²) in [5, 5.41) is 0. The highest BCUT2D eigenvalue weighted by Crippen LogP contribution is 2.43. The number of carbonyl (C=O) groups is 2. The van der Waals surface area contributed by atoms with Crippen LogP contribution >= 0.6 is 54.5 Å². The Bertz CT molecular complexity index is 590. The largest absolute Gasteiger partial charge is 0.283 e. The van der Waals surface area contributed by atoms with Crippen LogP contribution in [0.2, 0.25) is 0 Å². The van der Waals surface area contributed by atoms with E-state index in [0.29, 0.717) is 7.83 Å². The maximum Gasteiger partial charge on any atom is 0.255 e. The van der Waals surface area contributed by atoms with Crippen LogP contribution < -0.4 is 0 Å². The molecule has 0 saturated carbocycles. The molecule has 16 heavy (non-hydrogen) atoms. The number of rotatable bonds is 0. The Morgan fingerprint density at radius 1 is 0.812 bits per heavy atom. The molecule has 0 atom stereocenters. The van der Waals surface area contributed by atoms with Gasteiger partial charge < -0.3 is 0 Å². The first-order chi connectivity index (χ1) is 7.58. The minimum absolute atomic E-state index is 0.227. The van der Waals surface area contributed by atoms with Crippen LogP contribution in [0.4, 0.5) is 0 Å². The van der Waals surface area contributed by atoms with Crippen molar-refractivity contribution in [2.45, 2.75) is 0 Å². The molecule has 0 saturated heterocycles. The van der Waals surface area contributed by atoms with Crippen molar-refractivity contribution in [3.63, 3.8) is 0 Å². The van der Waals surface area contributed by atoms with E-state index >= 15 is 0 Å². The van der Waals surface area contributed by atoms with Gasteiger partial charge >= 0.3 is 0 Å². The van der Waals surface area contributed by atoms with E-state index in [-0.39, 0.29) is 11.4 Å². The second-order valence-corrected chi connectivity index (χ2v) is 7.50. The molecule has 1 aliphatic rings. The summed E-state index contributed by atoms with van der Waals surface area (Å²) in [5.41, 5.74) is 0.455. The first kappa shape index (κ1) is 10.7. The Balaban J connectivity index is 2.40. The van der Waals surface area contributed by atoms with Crippen LogP contribution in [-0.4, -0.2) is 21.5 Å². The van der Waals surface area contributed by atoms with E-state index in [1.165, 1.54) is 22.7 Å². The summed E-state index contributed by atoms with van der Waals surface area (Å²) in [6.45, 7) is 0. The van der Waals surface area contributed by atoms with Crippen LogP contribution in [0.25, 0.3) is 9.75 Å². The normalized spacial score (nSPS) is 13.9. The predicted octanol–water partition coefficient (Wildman–Crippen LogP) is 3.17. The van der Waals surface area contributed by atoms with Crippen molar-refractivity contribution in [2.24, 2.45) is 0 Å². The zero-order chi connectivity index (χ0) is 11.4. The van der Waals surface area contributed by atoms with E-state index in [1.807, 2.05) is 0 Å². The van der Waals surface area contributed by atoms with Crippen molar-refractivity contribution >= 4 is 66.1 Å². The zero-order valence-corrected chi connectivity index (χ0v) is 12.1. The number of thiazole rings is 2. The summed E-state index contributed by atoms with van der Waals surface area (Å²) in [5.74, 6) is -1.16. The van der Waals surface area contributed by atoms with Gasteiger partial charge in [-0.25, -0.2) is 9.97 Å². The van der Waals surface area contributed by atoms with Crippen LogP contribution in [0.3, 0.4) is 0 Å². The smallest absolute Gasteiger partial charge is 0.255 e. The molecule has 8 heteroatoms. The molecule has 2 heterocycles. The van der Waals surface area contributed by atoms with E-state index in [1.54, 1.807) is 0 Å². The van der Waals surface area contributed by atoms with E-state index < -0.39 is 11.6 Å². The van der Waals surface area contributed by atoms with Crippen LogP contribution in [-0.2, 0) is 0 Å². The number of hydrogen-bond acceptors (Lipinski definition) is 6. The molecule has 0 aliphatic heterocycles. The molecule has 4 nitrogen and oxygen atoms in total. The summed E-state index contributed by atoms with van der Waals surface area (Å²) in [6, 6.07) is 0. The third-order valence-electron chi connectivity index (χ3n) is 2.04. The maximum absolute atomic E-state index is 11.7. The number of ketones is 2. The number of Topliss-reactive ketones (excluding diaryl/α,β-unsaturated/α-hetero) is 2. The molecule has 0 radical (unpaired) electrons. The first-order valence-electron chi connectivity index (χ1n) is 4.00. The summed E-state index contributed by atoms with van der Waals surface area (Å²) in [6.07, 6.45) is 0. The van der Waals surface area contributed by atoms with Crippen LogP contribution in [0.1, 0.15) is 21.0 Å². The Morgan fingerprint density at radius 3 is 1.56 bits per heavy atom. The van der Waals surface area contributed by atoms with Gasteiger partial charge in [-0.1, -0.05) is 0 Å². The summed E-state index contributed by atoms with van der Waals surface area (Å²) in [4.78, 5) is 32.9. The lowest BCUT2D eigenvalue weighted by Crippen LogP contribution is -2.20. The molecule has 2 aromatic heterocycles. The topological polar surface area (TPSA) is 59.9 Å². The summed E-state index contributed by atoms with van der Waals surface area (Å²) in [7, 11) is 0. The molecular weight excluding hydrogens is 380 g/mol. The van der Waals surface area contributed by atoms with Gasteiger partial charge in [0.1, 0.15) is 11.4 Å². The fraction of sp³-hybridized carbons (Fsp3) is 0. The minimum atomic E-state index is -0.581. The van der Waals surface area contributed by atoms with Crippen LogP contribution in [0.15, 0.2) is 7.83 Å². The Kier molecular flexibility index (Phi) is 2.36. The SMILES string of the molecule is O=C1C(=O)c2nc(Br)sc2-c2sc(Br)nc21. The van der Waals surface area contributed by atoms with Crippen molar-refractivity contribution in [1.82, 2.24) is 9.97 Å². The molecule has 0 aromatic carbocycles. The first-order valence-corrected chi connectivity index (χ1v) is 7.22. The lowest BCUT2D eigenvalue weighted by molar-refractivity contribution is 0.0810. The Morgan fingerprint density at radius 2 is 1.19 bits per heavy atom. The molecule has 0 N–H and O–H groups in total. The molecule has 0 fully saturated rings. The number of fused-ring (bicyclic) bond motifs is 3. The standard InChI is InChI=1S/C8Br2N2O2S2/c9-7-11-1-3(13)4(14)2-6(5(1)15-7)16-8(10)12-2. The fourth-order valence-corrected chi connectivity index (χ4v) is 4.45. The third kappa shape index (κ3) is 1.37. The molecule has 80 valence electrons. The fourth-order valence-electron chi connectivity index (χ4n) is 1.42. The number of hydrogen-bond donors (Lipinski definition) is 0. The van der Waals surface area contributed by atoms with E-state index in [2.05, 4.69) is 41.8 Å². The number of aromatic nitrogens is 2. The Hall–Kier alpha value is -0.440. The summed E-state index contributed by atoms with van der Waals surface area (Å²) < 4.78 is 1.19. The quantitative estimate of drug-likeness (QED) is 0.659. The molecule has 0 amide bonds. The van der Waals surface area contributed by atoms with Gasteiger partial charge in [-0.05, 0) is 31.9 Å². The van der Waals surface area contributed by atoms with Gasteiger partial charge in [0.15, 0.2) is 7.83 Å². The highest BCUT2D eigenvalue weighted by atomic mass is 79.9. The molecule has 3 rings (SSSR count). The lowest BCUT2D eigenvalue weighted by atomic mass is 10.0. The highest BCUT2D eigenvalue weighted by Gasteiger charge is 2.36. The van der Waals surface area contributed by atoms with Crippen molar-refractivity contribution in [2.75, 3.05) is 0 Å². The molecule has 0 bridgehead atoms. The minimum Gasteiger partial charge on any atom is -0.283 e. The van der Waals surface area contributed by atoms with Crippen molar-refractivity contribution in [1.29, 1.82) is 0 Å². The van der Waals surface area contributed by atoms with E-state index in [0.717, 1.165) is 9.75 Å². The second kappa shape index (κ2) is 3.52. The van der Waals surface area contributed by atoms with Gasteiger partial charge in [0, 0.05) is 0 Å². The lowest BCUT2D eigenvalue weighted by Gasteiger charge is -2.05. The monoisotopic (exact) mass is 378 g/mol. The third-order valence-corrected chi connectivity index (χ3v) is 5.22. The van der Waals surface area contributed by atoms with E-state index in [4.69, 9.17) is 0 Å². The number of nitrogens with zero attached hydrogens (tertiary/aromatic N) is 2. The van der Waals surface area contributed by atoms with Crippen molar-refractivity contribution < 1.29 is 9.59 Å². The van der Waals surface area contributed by atoms with E-state index in [9.17, 15) is 9.59 Å². The predicted molar refractivity (Wildman–Crippen MR) is 67.3 cm³/mol. The van der Waals surface area contributed by atoms with Crippen molar-refractivity contribution in [3.05, 3.63) is 19.2 Å². The van der Waals surface area contributed by atoms with Gasteiger partial charge in [-0.2, -0.15) is 0 Å². The Labute approximate surface area is 114 Å². The number of halogens is 2. The molecule has 0 unspecified atom stereocenters. The highest BCUT2D eigenvalue weighted by molar-refractivity contribution is 9.11.